The number of likely N-dealkylation sites (tertiary alicyclic amines) is 1. The number of nitrogens with zero attached hydrogens (tertiary/aromatic N) is 1. The zero-order chi connectivity index (χ0) is 14.9. The van der Waals surface area contributed by atoms with Gasteiger partial charge in [0, 0.05) is 13.1 Å². The molecule has 3 rings (SSSR count). The predicted molar refractivity (Wildman–Crippen MR) is 80.2 cm³/mol. The van der Waals surface area contributed by atoms with Crippen molar-refractivity contribution in [3.8, 4) is 5.75 Å². The van der Waals surface area contributed by atoms with Crippen LogP contribution in [0.15, 0.2) is 24.3 Å². The third-order valence-corrected chi connectivity index (χ3v) is 5.22. The third kappa shape index (κ3) is 2.77. The first kappa shape index (κ1) is 14.4. The monoisotopic (exact) mass is 289 g/mol. The molecule has 21 heavy (non-hydrogen) atoms. The van der Waals surface area contributed by atoms with Gasteiger partial charge in [0.05, 0.1) is 19.6 Å². The van der Waals surface area contributed by atoms with E-state index in [9.17, 15) is 9.90 Å². The van der Waals surface area contributed by atoms with Gasteiger partial charge in [-0.15, -0.1) is 0 Å². The topological polar surface area (TPSA) is 49.8 Å². The number of rotatable bonds is 3. The minimum atomic E-state index is -0.145. The summed E-state index contributed by atoms with van der Waals surface area (Å²) in [5.41, 5.74) is 1.11. The maximum atomic E-state index is 12.4. The van der Waals surface area contributed by atoms with E-state index in [0.717, 1.165) is 50.1 Å². The average molecular weight is 289 g/mol. The zero-order valence-electron chi connectivity index (χ0n) is 12.5. The van der Waals surface area contributed by atoms with Crippen LogP contribution in [0.3, 0.4) is 0 Å². The van der Waals surface area contributed by atoms with Crippen molar-refractivity contribution in [2.45, 2.75) is 38.2 Å². The van der Waals surface area contributed by atoms with Gasteiger partial charge in [-0.25, -0.2) is 0 Å². The van der Waals surface area contributed by atoms with Crippen molar-refractivity contribution in [3.63, 3.8) is 0 Å². The van der Waals surface area contributed by atoms with E-state index < -0.39 is 0 Å². The molecule has 0 radical (unpaired) electrons. The maximum absolute atomic E-state index is 12.4. The third-order valence-electron chi connectivity index (χ3n) is 5.22. The standard InChI is InChI=1S/C17H23NO3/c1-21-14-4-2-3-13(11-14)12-16(20)18-9-7-17(8-10-18)6-5-15(17)19/h2-4,11,15,19H,5-10,12H2,1H3. The van der Waals surface area contributed by atoms with E-state index in [1.54, 1.807) is 7.11 Å². The van der Waals surface area contributed by atoms with Gasteiger partial charge in [-0.2, -0.15) is 0 Å². The first-order valence-corrected chi connectivity index (χ1v) is 7.72. The van der Waals surface area contributed by atoms with Crippen molar-refractivity contribution in [1.29, 1.82) is 0 Å². The molecule has 1 atom stereocenters. The van der Waals surface area contributed by atoms with Gasteiger partial charge in [-0.3, -0.25) is 4.79 Å². The van der Waals surface area contributed by atoms with Gasteiger partial charge >= 0.3 is 0 Å². The van der Waals surface area contributed by atoms with Crippen LogP contribution in [-0.2, 0) is 11.2 Å². The first-order chi connectivity index (χ1) is 10.1. The lowest BCUT2D eigenvalue weighted by Gasteiger charge is -2.51. The number of benzene rings is 1. The molecule has 0 aromatic heterocycles. The molecule has 2 aliphatic rings. The Balaban J connectivity index is 1.56. The van der Waals surface area contributed by atoms with Crippen LogP contribution in [0.1, 0.15) is 31.2 Å². The van der Waals surface area contributed by atoms with Gasteiger partial charge in [0.2, 0.25) is 5.91 Å². The van der Waals surface area contributed by atoms with Crippen molar-refractivity contribution in [3.05, 3.63) is 29.8 Å². The molecule has 1 unspecified atom stereocenters. The quantitative estimate of drug-likeness (QED) is 0.926. The minimum absolute atomic E-state index is 0.118. The molecule has 1 saturated heterocycles. The summed E-state index contributed by atoms with van der Waals surface area (Å²) in [4.78, 5) is 14.3. The molecular formula is C17H23NO3. The van der Waals surface area contributed by atoms with E-state index in [2.05, 4.69) is 0 Å². The van der Waals surface area contributed by atoms with Crippen LogP contribution in [0, 0.1) is 5.41 Å². The number of aliphatic hydroxyl groups excluding tert-OH is 1. The summed E-state index contributed by atoms with van der Waals surface area (Å²) in [5.74, 6) is 0.961. The molecule has 1 aliphatic carbocycles. The molecule has 1 aromatic rings. The van der Waals surface area contributed by atoms with Crippen molar-refractivity contribution < 1.29 is 14.6 Å². The molecule has 1 amide bonds. The van der Waals surface area contributed by atoms with Crippen LogP contribution < -0.4 is 4.74 Å². The molecule has 1 aliphatic heterocycles. The predicted octanol–water partition coefficient (Wildman–Crippen LogP) is 2.00. The Labute approximate surface area is 125 Å². The van der Waals surface area contributed by atoms with Crippen LogP contribution >= 0.6 is 0 Å². The highest BCUT2D eigenvalue weighted by atomic mass is 16.5. The second-order valence-electron chi connectivity index (χ2n) is 6.33. The number of hydrogen-bond donors (Lipinski definition) is 1. The Morgan fingerprint density at radius 1 is 1.38 bits per heavy atom. The lowest BCUT2D eigenvalue weighted by Crippen LogP contribution is -2.53. The highest BCUT2D eigenvalue weighted by Gasteiger charge is 2.47. The molecule has 1 aromatic carbocycles. The number of carbonyl (C=O) groups is 1. The summed E-state index contributed by atoms with van der Waals surface area (Å²) in [6, 6.07) is 7.68. The molecule has 1 saturated carbocycles. The fourth-order valence-electron chi connectivity index (χ4n) is 3.54. The lowest BCUT2D eigenvalue weighted by molar-refractivity contribution is -0.140. The fourth-order valence-corrected chi connectivity index (χ4v) is 3.54. The van der Waals surface area contributed by atoms with Crippen LogP contribution in [0.4, 0.5) is 0 Å². The molecule has 2 fully saturated rings. The highest BCUT2D eigenvalue weighted by molar-refractivity contribution is 5.79. The van der Waals surface area contributed by atoms with Crippen molar-refractivity contribution in [2.75, 3.05) is 20.2 Å². The summed E-state index contributed by atoms with van der Waals surface area (Å²) in [6.07, 6.45) is 4.21. The van der Waals surface area contributed by atoms with Gasteiger partial charge in [0.25, 0.3) is 0 Å². The minimum Gasteiger partial charge on any atom is -0.497 e. The summed E-state index contributed by atoms with van der Waals surface area (Å²) in [7, 11) is 1.63. The molecule has 0 bridgehead atoms. The van der Waals surface area contributed by atoms with Crippen LogP contribution in [0.5, 0.6) is 5.75 Å². The Morgan fingerprint density at radius 2 is 2.14 bits per heavy atom. The highest BCUT2D eigenvalue weighted by Crippen LogP contribution is 2.49. The van der Waals surface area contributed by atoms with Gasteiger partial charge in [-0.1, -0.05) is 12.1 Å². The second-order valence-corrected chi connectivity index (χ2v) is 6.33. The van der Waals surface area contributed by atoms with Gasteiger partial charge in [-0.05, 0) is 48.8 Å². The Morgan fingerprint density at radius 3 is 2.71 bits per heavy atom. The zero-order valence-corrected chi connectivity index (χ0v) is 12.5. The molecular weight excluding hydrogens is 266 g/mol. The summed E-state index contributed by atoms with van der Waals surface area (Å²) < 4.78 is 5.19. The Bertz CT molecular complexity index is 521. The van der Waals surface area contributed by atoms with Crippen molar-refractivity contribution >= 4 is 5.91 Å². The number of methoxy groups -OCH3 is 1. The van der Waals surface area contributed by atoms with E-state index in [0.29, 0.717) is 6.42 Å². The van der Waals surface area contributed by atoms with E-state index in [1.165, 1.54) is 0 Å². The van der Waals surface area contributed by atoms with E-state index in [1.807, 2.05) is 29.2 Å². The summed E-state index contributed by atoms with van der Waals surface area (Å²) >= 11 is 0. The largest absolute Gasteiger partial charge is 0.497 e. The fraction of sp³-hybridized carbons (Fsp3) is 0.588. The van der Waals surface area contributed by atoms with Gasteiger partial charge in [0.15, 0.2) is 0 Å². The molecule has 4 heteroatoms. The first-order valence-electron chi connectivity index (χ1n) is 7.72. The maximum Gasteiger partial charge on any atom is 0.226 e. The van der Waals surface area contributed by atoms with Crippen LogP contribution in [-0.4, -0.2) is 42.2 Å². The van der Waals surface area contributed by atoms with Crippen molar-refractivity contribution in [1.82, 2.24) is 4.90 Å². The Hall–Kier alpha value is -1.55. The summed E-state index contributed by atoms with van der Waals surface area (Å²) in [5, 5.41) is 9.92. The number of carbonyl (C=O) groups excluding carboxylic acids is 1. The molecule has 4 nitrogen and oxygen atoms in total. The van der Waals surface area contributed by atoms with Crippen LogP contribution in [0.25, 0.3) is 0 Å². The van der Waals surface area contributed by atoms with Gasteiger partial charge < -0.3 is 14.7 Å². The Kier molecular flexibility index (Phi) is 3.89. The SMILES string of the molecule is COc1cccc(CC(=O)N2CCC3(CCC3O)CC2)c1. The lowest BCUT2D eigenvalue weighted by atomic mass is 9.61. The van der Waals surface area contributed by atoms with Crippen molar-refractivity contribution in [2.24, 2.45) is 5.41 Å². The molecule has 1 N–H and O–H groups in total. The summed E-state index contributed by atoms with van der Waals surface area (Å²) in [6.45, 7) is 1.56. The average Bonchev–Trinajstić information content (AvgIpc) is 2.53. The number of piperidine rings is 1. The van der Waals surface area contributed by atoms with Gasteiger partial charge in [0.1, 0.15) is 5.75 Å². The normalized spacial score (nSPS) is 23.7. The number of hydrogen-bond acceptors (Lipinski definition) is 3. The van der Waals surface area contributed by atoms with E-state index in [-0.39, 0.29) is 17.4 Å². The van der Waals surface area contributed by atoms with E-state index in [4.69, 9.17) is 4.74 Å². The number of ether oxygens (including phenoxy) is 1. The van der Waals surface area contributed by atoms with Crippen LogP contribution in [0.2, 0.25) is 0 Å². The number of aliphatic hydroxyl groups is 1. The molecule has 114 valence electrons. The molecule has 1 spiro atoms. The smallest absolute Gasteiger partial charge is 0.226 e. The second kappa shape index (κ2) is 5.68. The van der Waals surface area contributed by atoms with E-state index >= 15 is 0 Å². The molecule has 1 heterocycles. The number of amides is 1.